The van der Waals surface area contributed by atoms with E-state index in [0.717, 1.165) is 24.5 Å². The number of alkyl halides is 3. The molecular formula is C13H9F3N2O4. The molecule has 0 fully saturated rings. The van der Waals surface area contributed by atoms with Crippen molar-refractivity contribution in [2.45, 2.75) is 6.18 Å². The molecule has 6 nitrogen and oxygen atoms in total. The first kappa shape index (κ1) is 15.5. The topological polar surface area (TPSA) is 81.4 Å². The van der Waals surface area contributed by atoms with Gasteiger partial charge in [0.05, 0.1) is 12.7 Å². The van der Waals surface area contributed by atoms with Crippen LogP contribution in [-0.4, -0.2) is 18.0 Å². The fraction of sp³-hybridized carbons (Fsp3) is 0.154. The summed E-state index contributed by atoms with van der Waals surface area (Å²) in [6, 6.07) is 2.66. The lowest BCUT2D eigenvalue weighted by Crippen LogP contribution is -2.16. The first-order valence-electron chi connectivity index (χ1n) is 5.82. The molecule has 0 bridgehead atoms. The van der Waals surface area contributed by atoms with Crippen LogP contribution in [0.5, 0.6) is 5.75 Å². The Bertz CT molecular complexity index is 738. The Balaban J connectivity index is 2.15. The van der Waals surface area contributed by atoms with E-state index in [2.05, 4.69) is 15.0 Å². The van der Waals surface area contributed by atoms with Crippen LogP contribution in [0, 0.1) is 0 Å². The molecule has 0 aliphatic heterocycles. The normalized spacial score (nSPS) is 11.1. The maximum absolute atomic E-state index is 12.4. The third-order valence-corrected chi connectivity index (χ3v) is 2.57. The van der Waals surface area contributed by atoms with E-state index in [1.54, 1.807) is 0 Å². The Morgan fingerprint density at radius 3 is 2.59 bits per heavy atom. The monoisotopic (exact) mass is 314 g/mol. The van der Waals surface area contributed by atoms with E-state index in [-0.39, 0.29) is 17.3 Å². The van der Waals surface area contributed by atoms with E-state index in [9.17, 15) is 22.8 Å². The minimum atomic E-state index is -4.52. The molecule has 0 saturated heterocycles. The van der Waals surface area contributed by atoms with Crippen molar-refractivity contribution >= 4 is 11.7 Å². The number of pyridine rings is 1. The molecule has 0 radical (unpaired) electrons. The fourth-order valence-corrected chi connectivity index (χ4v) is 1.48. The van der Waals surface area contributed by atoms with Crippen molar-refractivity contribution in [2.24, 2.45) is 0 Å². The summed E-state index contributed by atoms with van der Waals surface area (Å²) in [7, 11) is 1.26. The van der Waals surface area contributed by atoms with Crippen LogP contribution in [0.2, 0.25) is 0 Å². The Morgan fingerprint density at radius 1 is 1.36 bits per heavy atom. The van der Waals surface area contributed by atoms with Crippen LogP contribution >= 0.6 is 0 Å². The van der Waals surface area contributed by atoms with E-state index >= 15 is 0 Å². The summed E-state index contributed by atoms with van der Waals surface area (Å²) in [4.78, 5) is 26.7. The van der Waals surface area contributed by atoms with Crippen molar-refractivity contribution in [3.8, 4) is 5.75 Å². The summed E-state index contributed by atoms with van der Waals surface area (Å²) in [5, 5.41) is 2.21. The standard InChI is InChI=1S/C13H9F3N2O4/c1-21-10-6-22-9(4-8(10)19)12(20)18-11-3-2-7(5-17-11)13(14,15)16/h2-6H,1H3,(H,17,18,20). The zero-order valence-corrected chi connectivity index (χ0v) is 11.1. The largest absolute Gasteiger partial charge is 0.490 e. The SMILES string of the molecule is COc1coc(C(=O)Nc2ccc(C(F)(F)F)cn2)cc1=O. The zero-order valence-electron chi connectivity index (χ0n) is 11.1. The van der Waals surface area contributed by atoms with E-state index in [4.69, 9.17) is 4.42 Å². The maximum atomic E-state index is 12.4. The van der Waals surface area contributed by atoms with Crippen molar-refractivity contribution < 1.29 is 27.1 Å². The van der Waals surface area contributed by atoms with E-state index in [0.29, 0.717) is 6.20 Å². The van der Waals surface area contributed by atoms with Gasteiger partial charge in [0, 0.05) is 12.3 Å². The Labute approximate surface area is 121 Å². The smallest absolute Gasteiger partial charge is 0.417 e. The van der Waals surface area contributed by atoms with E-state index < -0.39 is 23.1 Å². The summed E-state index contributed by atoms with van der Waals surface area (Å²) in [6.07, 6.45) is -2.98. The van der Waals surface area contributed by atoms with Gasteiger partial charge in [0.15, 0.2) is 5.76 Å². The molecule has 1 amide bonds. The minimum absolute atomic E-state index is 0.0794. The molecule has 0 unspecified atom stereocenters. The van der Waals surface area contributed by atoms with Crippen molar-refractivity contribution in [1.82, 2.24) is 4.98 Å². The third kappa shape index (κ3) is 3.43. The summed E-state index contributed by atoms with van der Waals surface area (Å²) in [5.74, 6) is -1.35. The minimum Gasteiger partial charge on any atom is -0.490 e. The molecule has 0 saturated carbocycles. The number of halogens is 3. The highest BCUT2D eigenvalue weighted by atomic mass is 19.4. The number of hydrogen-bond acceptors (Lipinski definition) is 5. The summed E-state index contributed by atoms with van der Waals surface area (Å²) >= 11 is 0. The molecule has 22 heavy (non-hydrogen) atoms. The van der Waals surface area contributed by atoms with Crippen LogP contribution in [0.15, 0.2) is 39.9 Å². The van der Waals surface area contributed by atoms with Gasteiger partial charge in [0.2, 0.25) is 11.2 Å². The van der Waals surface area contributed by atoms with Gasteiger partial charge in [-0.1, -0.05) is 0 Å². The van der Waals surface area contributed by atoms with Crippen molar-refractivity contribution in [2.75, 3.05) is 12.4 Å². The highest BCUT2D eigenvalue weighted by molar-refractivity contribution is 6.01. The second-order valence-electron chi connectivity index (χ2n) is 4.06. The Kier molecular flexibility index (Phi) is 4.15. The number of anilines is 1. The molecule has 0 atom stereocenters. The van der Waals surface area contributed by atoms with Gasteiger partial charge in [0.1, 0.15) is 12.1 Å². The van der Waals surface area contributed by atoms with Crippen LogP contribution < -0.4 is 15.5 Å². The summed E-state index contributed by atoms with van der Waals surface area (Å²) in [5.41, 5.74) is -1.51. The summed E-state index contributed by atoms with van der Waals surface area (Å²) < 4.78 is 46.7. The number of nitrogens with zero attached hydrogens (tertiary/aromatic N) is 1. The predicted molar refractivity (Wildman–Crippen MR) is 68.7 cm³/mol. The average Bonchev–Trinajstić information content (AvgIpc) is 2.46. The lowest BCUT2D eigenvalue weighted by atomic mass is 10.3. The van der Waals surface area contributed by atoms with Gasteiger partial charge in [-0.15, -0.1) is 0 Å². The number of rotatable bonds is 3. The quantitative estimate of drug-likeness (QED) is 0.940. The molecule has 2 heterocycles. The molecule has 116 valence electrons. The van der Waals surface area contributed by atoms with Crippen molar-refractivity contribution in [1.29, 1.82) is 0 Å². The third-order valence-electron chi connectivity index (χ3n) is 2.57. The molecule has 9 heteroatoms. The molecule has 2 aromatic heterocycles. The number of nitrogens with one attached hydrogen (secondary N) is 1. The van der Waals surface area contributed by atoms with Gasteiger partial charge in [-0.2, -0.15) is 13.2 Å². The number of aromatic nitrogens is 1. The van der Waals surface area contributed by atoms with Crippen LogP contribution in [0.4, 0.5) is 19.0 Å². The second kappa shape index (κ2) is 5.88. The van der Waals surface area contributed by atoms with Gasteiger partial charge < -0.3 is 14.5 Å². The number of amides is 1. The molecule has 2 aromatic rings. The van der Waals surface area contributed by atoms with Crippen LogP contribution in [0.1, 0.15) is 16.1 Å². The zero-order chi connectivity index (χ0) is 16.3. The molecule has 0 aliphatic carbocycles. The Hall–Kier alpha value is -2.84. The maximum Gasteiger partial charge on any atom is 0.417 e. The lowest BCUT2D eigenvalue weighted by Gasteiger charge is -2.07. The summed E-state index contributed by atoms with van der Waals surface area (Å²) in [6.45, 7) is 0. The first-order valence-corrected chi connectivity index (χ1v) is 5.82. The fourth-order valence-electron chi connectivity index (χ4n) is 1.48. The highest BCUT2D eigenvalue weighted by Gasteiger charge is 2.30. The molecule has 1 N–H and O–H groups in total. The van der Waals surface area contributed by atoms with Gasteiger partial charge in [0.25, 0.3) is 5.91 Å². The first-order chi connectivity index (χ1) is 10.3. The lowest BCUT2D eigenvalue weighted by molar-refractivity contribution is -0.137. The van der Waals surface area contributed by atoms with E-state index in [1.807, 2.05) is 0 Å². The predicted octanol–water partition coefficient (Wildman–Crippen LogP) is 2.31. The number of carbonyl (C=O) groups is 1. The molecule has 0 aliphatic rings. The van der Waals surface area contributed by atoms with Crippen molar-refractivity contribution in [3.63, 3.8) is 0 Å². The van der Waals surface area contributed by atoms with Crippen LogP contribution in [0.25, 0.3) is 0 Å². The molecule has 0 spiro atoms. The highest BCUT2D eigenvalue weighted by Crippen LogP contribution is 2.28. The van der Waals surface area contributed by atoms with Crippen LogP contribution in [-0.2, 0) is 6.18 Å². The molecule has 2 rings (SSSR count). The molecule has 0 aromatic carbocycles. The Morgan fingerprint density at radius 2 is 2.09 bits per heavy atom. The van der Waals surface area contributed by atoms with Gasteiger partial charge >= 0.3 is 6.18 Å². The van der Waals surface area contributed by atoms with Gasteiger partial charge in [-0.05, 0) is 12.1 Å². The van der Waals surface area contributed by atoms with Gasteiger partial charge in [-0.25, -0.2) is 4.98 Å². The number of hydrogen-bond donors (Lipinski definition) is 1. The number of methoxy groups -OCH3 is 1. The number of carbonyl (C=O) groups excluding carboxylic acids is 1. The average molecular weight is 314 g/mol. The van der Waals surface area contributed by atoms with Crippen molar-refractivity contribution in [3.05, 3.63) is 52.2 Å². The van der Waals surface area contributed by atoms with Crippen LogP contribution in [0.3, 0.4) is 0 Å². The van der Waals surface area contributed by atoms with E-state index in [1.165, 1.54) is 7.11 Å². The molecular weight excluding hydrogens is 305 g/mol. The van der Waals surface area contributed by atoms with Gasteiger partial charge in [-0.3, -0.25) is 9.59 Å². The second-order valence-corrected chi connectivity index (χ2v) is 4.06. The number of ether oxygens (including phenoxy) is 1.